The topological polar surface area (TPSA) is 44.8 Å². The number of piperazine rings is 1. The van der Waals surface area contributed by atoms with E-state index in [1.165, 1.54) is 19.3 Å². The van der Waals surface area contributed by atoms with Crippen LogP contribution in [0.15, 0.2) is 0 Å². The molecule has 0 aromatic heterocycles. The number of nitrogens with one attached hydrogen (secondary N) is 1. The molecule has 1 aliphatic carbocycles. The Balaban J connectivity index is 1.79. The monoisotopic (exact) mass is 339 g/mol. The van der Waals surface area contributed by atoms with Crippen molar-refractivity contribution in [1.29, 1.82) is 0 Å². The van der Waals surface area contributed by atoms with Gasteiger partial charge in [-0.25, -0.2) is 0 Å². The predicted molar refractivity (Wildman–Crippen MR) is 98.2 cm³/mol. The van der Waals surface area contributed by atoms with E-state index in [1.54, 1.807) is 0 Å². The van der Waals surface area contributed by atoms with E-state index in [0.29, 0.717) is 12.1 Å². The van der Waals surface area contributed by atoms with Crippen LogP contribution in [0.25, 0.3) is 0 Å². The molecule has 1 heterocycles. The second-order valence-corrected chi connectivity index (χ2v) is 7.31. The minimum absolute atomic E-state index is 0.0185. The summed E-state index contributed by atoms with van der Waals surface area (Å²) >= 11 is 0. The molecule has 5 heteroatoms. The van der Waals surface area contributed by atoms with Crippen LogP contribution in [-0.2, 0) is 9.53 Å². The Morgan fingerprint density at radius 3 is 2.62 bits per heavy atom. The van der Waals surface area contributed by atoms with Crippen LogP contribution in [0.3, 0.4) is 0 Å². The zero-order chi connectivity index (χ0) is 17.4. The second kappa shape index (κ2) is 10.4. The molecule has 2 fully saturated rings. The minimum Gasteiger partial charge on any atom is -0.380 e. The van der Waals surface area contributed by atoms with Gasteiger partial charge in [0.25, 0.3) is 0 Å². The summed E-state index contributed by atoms with van der Waals surface area (Å²) in [5.41, 5.74) is 0. The number of hydrogen-bond acceptors (Lipinski definition) is 4. The van der Waals surface area contributed by atoms with Crippen LogP contribution < -0.4 is 5.32 Å². The van der Waals surface area contributed by atoms with E-state index in [9.17, 15) is 4.79 Å². The van der Waals surface area contributed by atoms with Crippen molar-refractivity contribution in [3.63, 3.8) is 0 Å². The predicted octanol–water partition coefficient (Wildman–Crippen LogP) is 2.26. The zero-order valence-corrected chi connectivity index (χ0v) is 15.9. The molecule has 0 radical (unpaired) electrons. The summed E-state index contributed by atoms with van der Waals surface area (Å²) in [5.74, 6) is 0.222. The maximum atomic E-state index is 12.6. The summed E-state index contributed by atoms with van der Waals surface area (Å²) in [7, 11) is 0. The third kappa shape index (κ3) is 5.71. The van der Waals surface area contributed by atoms with Gasteiger partial charge in [0.1, 0.15) is 0 Å². The van der Waals surface area contributed by atoms with E-state index in [1.807, 2.05) is 6.92 Å². The number of rotatable bonds is 8. The van der Waals surface area contributed by atoms with E-state index in [0.717, 1.165) is 58.7 Å². The highest BCUT2D eigenvalue weighted by atomic mass is 16.5. The lowest BCUT2D eigenvalue weighted by atomic mass is 9.95. The maximum absolute atomic E-state index is 12.6. The van der Waals surface area contributed by atoms with Crippen molar-refractivity contribution in [1.82, 2.24) is 15.1 Å². The van der Waals surface area contributed by atoms with Crippen molar-refractivity contribution in [2.75, 3.05) is 39.4 Å². The number of hydrogen-bond donors (Lipinski definition) is 1. The first kappa shape index (κ1) is 19.7. The quantitative estimate of drug-likeness (QED) is 0.689. The lowest BCUT2D eigenvalue weighted by molar-refractivity contribution is -0.128. The minimum atomic E-state index is -0.0185. The van der Waals surface area contributed by atoms with Crippen LogP contribution in [-0.4, -0.2) is 73.2 Å². The Morgan fingerprint density at radius 1 is 1.21 bits per heavy atom. The molecule has 0 spiro atoms. The second-order valence-electron chi connectivity index (χ2n) is 7.31. The van der Waals surface area contributed by atoms with Crippen molar-refractivity contribution in [3.05, 3.63) is 0 Å². The molecule has 2 rings (SSSR count). The molecule has 1 N–H and O–H groups in total. The zero-order valence-electron chi connectivity index (χ0n) is 15.9. The SMILES string of the molecule is CCOCCN1CCN(C(C)C(=O)NC2CCCCC2)CC1CC. The number of carbonyl (C=O) groups is 1. The average Bonchev–Trinajstić information content (AvgIpc) is 2.62. The van der Waals surface area contributed by atoms with Crippen LogP contribution in [0, 0.1) is 0 Å². The van der Waals surface area contributed by atoms with Gasteiger partial charge in [-0.3, -0.25) is 14.6 Å². The van der Waals surface area contributed by atoms with Crippen molar-refractivity contribution in [2.45, 2.75) is 77.4 Å². The molecular formula is C19H37N3O2. The number of carbonyl (C=O) groups excluding carboxylic acids is 1. The Labute approximate surface area is 148 Å². The molecule has 1 saturated carbocycles. The van der Waals surface area contributed by atoms with Crippen LogP contribution in [0.2, 0.25) is 0 Å². The summed E-state index contributed by atoms with van der Waals surface area (Å²) in [5, 5.41) is 3.29. The fourth-order valence-corrected chi connectivity index (χ4v) is 4.01. The van der Waals surface area contributed by atoms with Crippen molar-refractivity contribution in [2.24, 2.45) is 0 Å². The molecule has 1 aliphatic heterocycles. The first-order valence-corrected chi connectivity index (χ1v) is 10.0. The molecule has 5 nitrogen and oxygen atoms in total. The summed E-state index contributed by atoms with van der Waals surface area (Å²) in [6, 6.07) is 0.919. The highest BCUT2D eigenvalue weighted by Crippen LogP contribution is 2.19. The molecule has 1 amide bonds. The molecule has 0 aromatic rings. The molecule has 1 saturated heterocycles. The fraction of sp³-hybridized carbons (Fsp3) is 0.947. The lowest BCUT2D eigenvalue weighted by Gasteiger charge is -2.43. The van der Waals surface area contributed by atoms with Gasteiger partial charge in [-0.05, 0) is 33.1 Å². The third-order valence-electron chi connectivity index (χ3n) is 5.71. The lowest BCUT2D eigenvalue weighted by Crippen LogP contribution is -2.59. The number of nitrogens with zero attached hydrogens (tertiary/aromatic N) is 2. The maximum Gasteiger partial charge on any atom is 0.237 e. The van der Waals surface area contributed by atoms with E-state index in [4.69, 9.17) is 4.74 Å². The molecule has 24 heavy (non-hydrogen) atoms. The molecule has 140 valence electrons. The molecule has 2 aliphatic rings. The Hall–Kier alpha value is -0.650. The molecule has 0 bridgehead atoms. The van der Waals surface area contributed by atoms with Gasteiger partial charge < -0.3 is 10.1 Å². The van der Waals surface area contributed by atoms with E-state index in [-0.39, 0.29) is 11.9 Å². The fourth-order valence-electron chi connectivity index (χ4n) is 4.01. The summed E-state index contributed by atoms with van der Waals surface area (Å²) in [6.45, 7) is 12.0. The highest BCUT2D eigenvalue weighted by molar-refractivity contribution is 5.81. The normalized spacial score (nSPS) is 25.5. The Kier molecular flexibility index (Phi) is 8.50. The van der Waals surface area contributed by atoms with Gasteiger partial charge in [0, 0.05) is 44.9 Å². The molecular weight excluding hydrogens is 302 g/mol. The van der Waals surface area contributed by atoms with Gasteiger partial charge in [-0.2, -0.15) is 0 Å². The smallest absolute Gasteiger partial charge is 0.237 e. The molecule has 0 aromatic carbocycles. The van der Waals surface area contributed by atoms with Gasteiger partial charge in [-0.1, -0.05) is 26.2 Å². The summed E-state index contributed by atoms with van der Waals surface area (Å²) < 4.78 is 5.51. The van der Waals surface area contributed by atoms with Gasteiger partial charge in [0.05, 0.1) is 12.6 Å². The Bertz CT molecular complexity index is 372. The summed E-state index contributed by atoms with van der Waals surface area (Å²) in [4.78, 5) is 17.5. The number of amides is 1. The van der Waals surface area contributed by atoms with Crippen molar-refractivity contribution >= 4 is 5.91 Å². The largest absolute Gasteiger partial charge is 0.380 e. The van der Waals surface area contributed by atoms with Crippen molar-refractivity contribution < 1.29 is 9.53 Å². The first-order chi connectivity index (χ1) is 11.7. The van der Waals surface area contributed by atoms with Gasteiger partial charge in [-0.15, -0.1) is 0 Å². The standard InChI is InChI=1S/C19H37N3O2/c1-4-18-15-22(12-11-21(18)13-14-24-5-2)16(3)19(23)20-17-9-7-6-8-10-17/h16-18H,4-15H2,1-3H3,(H,20,23). The highest BCUT2D eigenvalue weighted by Gasteiger charge is 2.31. The van der Waals surface area contributed by atoms with Crippen LogP contribution in [0.5, 0.6) is 0 Å². The van der Waals surface area contributed by atoms with E-state index >= 15 is 0 Å². The average molecular weight is 340 g/mol. The van der Waals surface area contributed by atoms with E-state index < -0.39 is 0 Å². The number of ether oxygens (including phenoxy) is 1. The summed E-state index contributed by atoms with van der Waals surface area (Å²) in [6.07, 6.45) is 7.28. The van der Waals surface area contributed by atoms with Crippen LogP contribution >= 0.6 is 0 Å². The van der Waals surface area contributed by atoms with Gasteiger partial charge in [0.2, 0.25) is 5.91 Å². The molecule has 2 unspecified atom stereocenters. The first-order valence-electron chi connectivity index (χ1n) is 10.0. The Morgan fingerprint density at radius 2 is 1.96 bits per heavy atom. The van der Waals surface area contributed by atoms with E-state index in [2.05, 4.69) is 29.0 Å². The van der Waals surface area contributed by atoms with Gasteiger partial charge in [0.15, 0.2) is 0 Å². The third-order valence-corrected chi connectivity index (χ3v) is 5.71. The van der Waals surface area contributed by atoms with Gasteiger partial charge >= 0.3 is 0 Å². The van der Waals surface area contributed by atoms with Crippen LogP contribution in [0.4, 0.5) is 0 Å². The van der Waals surface area contributed by atoms with Crippen molar-refractivity contribution in [3.8, 4) is 0 Å². The van der Waals surface area contributed by atoms with Crippen LogP contribution in [0.1, 0.15) is 59.3 Å². The molecule has 2 atom stereocenters.